The van der Waals surface area contributed by atoms with E-state index in [1.165, 1.54) is 0 Å². The van der Waals surface area contributed by atoms with Crippen LogP contribution in [-0.4, -0.2) is 53.0 Å². The number of aromatic nitrogens is 6. The molecule has 0 aliphatic heterocycles. The van der Waals surface area contributed by atoms with Crippen molar-refractivity contribution in [3.05, 3.63) is 215 Å². The van der Waals surface area contributed by atoms with Crippen LogP contribution in [0, 0.1) is 4.91 Å². The largest absolute Gasteiger partial charge is 0.295 e. The summed E-state index contributed by atoms with van der Waals surface area (Å²) in [5, 5.41) is 2.79. The number of carbonyl (C=O) groups is 4. The molecule has 8 rings (SSSR count). The number of nitrogens with zero attached hydrogens (tertiary/aromatic N) is 7. The molecule has 0 fully saturated rings. The fraction of sp³-hybridized carbons (Fsp3) is 0. The maximum atomic E-state index is 14.4. The van der Waals surface area contributed by atoms with Crippen LogP contribution in [0.25, 0.3) is 33.4 Å². The molecular weight excluding hydrogens is 731 g/mol. The molecule has 0 N–H and O–H groups in total. The van der Waals surface area contributed by atoms with Crippen molar-refractivity contribution in [3.8, 4) is 33.4 Å². The summed E-state index contributed by atoms with van der Waals surface area (Å²) in [7, 11) is 0. The van der Waals surface area contributed by atoms with E-state index in [9.17, 15) is 24.1 Å². The van der Waals surface area contributed by atoms with Crippen molar-refractivity contribution in [2.75, 3.05) is 0 Å². The van der Waals surface area contributed by atoms with Gasteiger partial charge in [0.2, 0.25) is 46.5 Å². The van der Waals surface area contributed by atoms with Gasteiger partial charge in [-0.1, -0.05) is 164 Å². The van der Waals surface area contributed by atoms with Gasteiger partial charge in [0.15, 0.2) is 0 Å². The zero-order chi connectivity index (χ0) is 40.0. The van der Waals surface area contributed by atoms with Crippen LogP contribution in [-0.2, 0) is 0 Å². The second-order valence-corrected chi connectivity index (χ2v) is 12.7. The van der Waals surface area contributed by atoms with Crippen LogP contribution < -0.4 is 0 Å². The second-order valence-electron chi connectivity index (χ2n) is 12.7. The van der Waals surface area contributed by atoms with Gasteiger partial charge in [0.1, 0.15) is 0 Å². The maximum absolute atomic E-state index is 14.4. The highest BCUT2D eigenvalue weighted by Gasteiger charge is 2.29. The van der Waals surface area contributed by atoms with Gasteiger partial charge in [0.25, 0.3) is 11.7 Å². The number of ketones is 4. The van der Waals surface area contributed by atoms with Gasteiger partial charge in [0.05, 0.1) is 0 Å². The maximum Gasteiger partial charge on any atom is 0.295 e. The Kier molecular flexibility index (Phi) is 10.2. The molecule has 0 spiro atoms. The molecule has 12 heteroatoms. The van der Waals surface area contributed by atoms with E-state index in [1.54, 1.807) is 72.8 Å². The lowest BCUT2D eigenvalue weighted by Gasteiger charge is -2.11. The molecular formula is C46H27N7O5. The van der Waals surface area contributed by atoms with E-state index >= 15 is 0 Å². The summed E-state index contributed by atoms with van der Waals surface area (Å²) >= 11 is 0. The van der Waals surface area contributed by atoms with Crippen LogP contribution >= 0.6 is 0 Å². The van der Waals surface area contributed by atoms with Gasteiger partial charge in [-0.3, -0.25) is 19.2 Å². The zero-order valence-corrected chi connectivity index (χ0v) is 30.3. The Morgan fingerprint density at radius 2 is 0.569 bits per heavy atom. The summed E-state index contributed by atoms with van der Waals surface area (Å²) in [6, 6.07) is 47.7. The standard InChI is InChI=1S/C46H27N7O5/c54-37(34-25-13-10-22-31(34)28-16-4-1-5-17-28)41-47-42(38(55)35-26-14-11-23-32(35)29-18-6-2-7-19-29)49-44(48-41)40(57)45-50-43(51-46(52-45)53-58)39(56)36-27-15-12-24-33(36)30-20-8-3-9-21-30/h1-27H. The quantitative estimate of drug-likeness (QED) is 0.0864. The minimum atomic E-state index is -1.13. The molecule has 6 aromatic carbocycles. The molecule has 0 saturated heterocycles. The Morgan fingerprint density at radius 3 is 0.897 bits per heavy atom. The van der Waals surface area contributed by atoms with Crippen LogP contribution in [0.4, 0.5) is 5.95 Å². The van der Waals surface area contributed by atoms with Crippen LogP contribution in [0.15, 0.2) is 169 Å². The van der Waals surface area contributed by atoms with E-state index in [4.69, 9.17) is 0 Å². The highest BCUT2D eigenvalue weighted by atomic mass is 16.3. The van der Waals surface area contributed by atoms with Gasteiger partial charge in [-0.25, -0.2) is 19.9 Å². The Morgan fingerprint density at radius 1 is 0.310 bits per heavy atom. The van der Waals surface area contributed by atoms with Gasteiger partial charge in [-0.05, 0) is 33.4 Å². The summed E-state index contributed by atoms with van der Waals surface area (Å²) in [5.74, 6) is -7.02. The molecule has 0 aliphatic carbocycles. The smallest absolute Gasteiger partial charge is 0.285 e. The highest BCUT2D eigenvalue weighted by Crippen LogP contribution is 2.28. The third-order valence-corrected chi connectivity index (χ3v) is 9.13. The fourth-order valence-corrected chi connectivity index (χ4v) is 6.40. The van der Waals surface area contributed by atoms with E-state index < -0.39 is 58.2 Å². The molecule has 0 atom stereocenters. The topological polar surface area (TPSA) is 175 Å². The molecule has 0 amide bonds. The molecule has 2 heterocycles. The first-order valence-corrected chi connectivity index (χ1v) is 17.9. The fourth-order valence-electron chi connectivity index (χ4n) is 6.40. The van der Waals surface area contributed by atoms with E-state index in [1.807, 2.05) is 91.0 Å². The Balaban J connectivity index is 1.26. The molecule has 0 radical (unpaired) electrons. The zero-order valence-electron chi connectivity index (χ0n) is 30.3. The summed E-state index contributed by atoms with van der Waals surface area (Å²) < 4.78 is 0. The average Bonchev–Trinajstić information content (AvgIpc) is 3.31. The molecule has 0 bridgehead atoms. The number of carbonyl (C=O) groups excluding carboxylic acids is 4. The lowest BCUT2D eigenvalue weighted by Crippen LogP contribution is -2.22. The van der Waals surface area contributed by atoms with Crippen LogP contribution in [0.5, 0.6) is 0 Å². The number of hydrogen-bond acceptors (Lipinski definition) is 12. The normalized spacial score (nSPS) is 10.8. The van der Waals surface area contributed by atoms with Crippen molar-refractivity contribution < 1.29 is 19.2 Å². The lowest BCUT2D eigenvalue weighted by molar-refractivity contribution is 0.101. The SMILES string of the molecule is O=Nc1nc(C(=O)c2nc(C(=O)c3ccccc3-c3ccccc3)nc(C(=O)c3ccccc3-c3ccccc3)n2)nc(C(=O)c2ccccc2-c2ccccc2)n1. The van der Waals surface area contributed by atoms with Crippen molar-refractivity contribution in [2.24, 2.45) is 5.18 Å². The molecule has 0 saturated carbocycles. The van der Waals surface area contributed by atoms with Crippen molar-refractivity contribution >= 4 is 29.1 Å². The minimum absolute atomic E-state index is 0.185. The van der Waals surface area contributed by atoms with Crippen LogP contribution in [0.1, 0.15) is 65.0 Å². The van der Waals surface area contributed by atoms with E-state index in [0.29, 0.717) is 16.7 Å². The highest BCUT2D eigenvalue weighted by molar-refractivity contribution is 6.15. The summed E-state index contributed by atoms with van der Waals surface area (Å²) in [4.78, 5) is 93.7. The number of rotatable bonds is 12. The molecule has 0 aliphatic rings. The van der Waals surface area contributed by atoms with Gasteiger partial charge >= 0.3 is 0 Å². The number of nitroso groups, excluding NO2 is 1. The van der Waals surface area contributed by atoms with Crippen LogP contribution in [0.2, 0.25) is 0 Å². The molecule has 0 unspecified atom stereocenters. The summed E-state index contributed by atoms with van der Waals surface area (Å²) in [6.07, 6.45) is 0. The van der Waals surface area contributed by atoms with Gasteiger partial charge < -0.3 is 0 Å². The van der Waals surface area contributed by atoms with Crippen molar-refractivity contribution in [2.45, 2.75) is 0 Å². The Hall–Kier alpha value is -8.38. The van der Waals surface area contributed by atoms with Crippen molar-refractivity contribution in [3.63, 3.8) is 0 Å². The third-order valence-electron chi connectivity index (χ3n) is 9.13. The van der Waals surface area contributed by atoms with Gasteiger partial charge in [0, 0.05) is 21.9 Å². The second kappa shape index (κ2) is 16.2. The monoisotopic (exact) mass is 757 g/mol. The molecule has 2 aromatic heterocycles. The van der Waals surface area contributed by atoms with E-state index in [0.717, 1.165) is 16.7 Å². The predicted molar refractivity (Wildman–Crippen MR) is 214 cm³/mol. The number of benzene rings is 6. The first kappa shape index (κ1) is 36.6. The van der Waals surface area contributed by atoms with Crippen molar-refractivity contribution in [1.29, 1.82) is 0 Å². The molecule has 12 nitrogen and oxygen atoms in total. The average molecular weight is 758 g/mol. The Bertz CT molecular complexity index is 2770. The number of hydrogen-bond donors (Lipinski definition) is 0. The summed E-state index contributed by atoms with van der Waals surface area (Å²) in [6.45, 7) is 0. The first-order chi connectivity index (χ1) is 28.4. The van der Waals surface area contributed by atoms with E-state index in [-0.39, 0.29) is 16.7 Å². The lowest BCUT2D eigenvalue weighted by atomic mass is 9.96. The van der Waals surface area contributed by atoms with Gasteiger partial charge in [-0.2, -0.15) is 9.97 Å². The molecule has 276 valence electrons. The molecule has 58 heavy (non-hydrogen) atoms. The third kappa shape index (κ3) is 7.36. The Labute approximate surface area is 330 Å². The molecule has 8 aromatic rings. The van der Waals surface area contributed by atoms with Crippen molar-refractivity contribution in [1.82, 2.24) is 29.9 Å². The van der Waals surface area contributed by atoms with Gasteiger partial charge in [-0.15, -0.1) is 4.91 Å². The predicted octanol–water partition coefficient (Wildman–Crippen LogP) is 8.38. The summed E-state index contributed by atoms with van der Waals surface area (Å²) in [5.41, 5.74) is 4.43. The van der Waals surface area contributed by atoms with Crippen LogP contribution in [0.3, 0.4) is 0 Å². The minimum Gasteiger partial charge on any atom is -0.285 e. The van der Waals surface area contributed by atoms with E-state index in [2.05, 4.69) is 35.1 Å². The first-order valence-electron chi connectivity index (χ1n) is 17.9.